The highest BCUT2D eigenvalue weighted by atomic mass is 32.1. The standard InChI is InChI=1S/C8H7BNO2S.C8H7NS/c1-5-3-10-4-6-2-7(12-9-11)13-8(5)6;1-6-4-9-5-7-2-3-10-8(6)7/h2-4,11H,1H3;2-5H,1H3. The van der Waals surface area contributed by atoms with E-state index in [1.165, 1.54) is 27.0 Å². The SMILES string of the molecule is Cc1cncc2cc(O[B]O)sc12.Cc1cncc2ccsc12. The van der Waals surface area contributed by atoms with Gasteiger partial charge >= 0.3 is 7.69 Å². The molecule has 0 atom stereocenters. The summed E-state index contributed by atoms with van der Waals surface area (Å²) in [5.41, 5.74) is 2.39. The number of hydrogen-bond donors (Lipinski definition) is 1. The summed E-state index contributed by atoms with van der Waals surface area (Å²) in [7, 11) is 0.688. The van der Waals surface area contributed by atoms with E-state index in [1.807, 2.05) is 31.6 Å². The van der Waals surface area contributed by atoms with Crippen molar-refractivity contribution in [2.24, 2.45) is 0 Å². The fraction of sp³-hybridized carbons (Fsp3) is 0.125. The van der Waals surface area contributed by atoms with E-state index in [0.717, 1.165) is 15.6 Å². The van der Waals surface area contributed by atoms with Crippen LogP contribution in [0.4, 0.5) is 0 Å². The zero-order chi connectivity index (χ0) is 16.2. The molecule has 0 aliphatic heterocycles. The molecule has 0 aliphatic carbocycles. The van der Waals surface area contributed by atoms with Crippen LogP contribution in [0.5, 0.6) is 5.06 Å². The third-order valence-corrected chi connectivity index (χ3v) is 5.53. The summed E-state index contributed by atoms with van der Waals surface area (Å²) in [4.78, 5) is 8.16. The first-order valence-electron chi connectivity index (χ1n) is 6.93. The van der Waals surface area contributed by atoms with Crippen LogP contribution >= 0.6 is 22.7 Å². The predicted octanol–water partition coefficient (Wildman–Crippen LogP) is 4.11. The normalized spacial score (nSPS) is 10.4. The number of aryl methyl sites for hydroxylation is 2. The summed E-state index contributed by atoms with van der Waals surface area (Å²) in [5, 5.41) is 13.5. The van der Waals surface area contributed by atoms with Crippen LogP contribution in [0, 0.1) is 13.8 Å². The molecule has 0 fully saturated rings. The number of aromatic nitrogens is 2. The molecule has 115 valence electrons. The molecular formula is C16H14BN2O2S2. The second-order valence-corrected chi connectivity index (χ2v) is 6.89. The Kier molecular flexibility index (Phi) is 4.90. The van der Waals surface area contributed by atoms with Crippen LogP contribution in [0.1, 0.15) is 11.1 Å². The van der Waals surface area contributed by atoms with E-state index in [1.54, 1.807) is 17.5 Å². The molecule has 4 rings (SSSR count). The second-order valence-electron chi connectivity index (χ2n) is 4.96. The summed E-state index contributed by atoms with van der Waals surface area (Å²) in [6.45, 7) is 4.09. The first-order chi connectivity index (χ1) is 11.2. The highest BCUT2D eigenvalue weighted by Gasteiger charge is 2.04. The van der Waals surface area contributed by atoms with Gasteiger partial charge in [-0.05, 0) is 42.5 Å². The lowest BCUT2D eigenvalue weighted by molar-refractivity contribution is 0.461. The summed E-state index contributed by atoms with van der Waals surface area (Å²) in [6, 6.07) is 3.95. The fourth-order valence-corrected chi connectivity index (χ4v) is 3.98. The molecule has 0 aliphatic rings. The van der Waals surface area contributed by atoms with Crippen molar-refractivity contribution < 1.29 is 9.68 Å². The molecule has 4 nitrogen and oxygen atoms in total. The van der Waals surface area contributed by atoms with Gasteiger partial charge in [-0.2, -0.15) is 0 Å². The minimum absolute atomic E-state index is 0.675. The van der Waals surface area contributed by atoms with Gasteiger partial charge in [0, 0.05) is 45.0 Å². The maximum Gasteiger partial charge on any atom is 0.569 e. The van der Waals surface area contributed by atoms with Crippen LogP contribution in [0.25, 0.3) is 20.2 Å². The van der Waals surface area contributed by atoms with Crippen molar-refractivity contribution in [3.63, 3.8) is 0 Å². The van der Waals surface area contributed by atoms with Crippen molar-refractivity contribution in [1.29, 1.82) is 0 Å². The largest absolute Gasteiger partial charge is 0.569 e. The Labute approximate surface area is 142 Å². The van der Waals surface area contributed by atoms with E-state index in [4.69, 9.17) is 9.68 Å². The van der Waals surface area contributed by atoms with Crippen molar-refractivity contribution in [3.05, 3.63) is 53.4 Å². The van der Waals surface area contributed by atoms with Gasteiger partial charge in [0.2, 0.25) is 0 Å². The maximum atomic E-state index is 8.46. The summed E-state index contributed by atoms with van der Waals surface area (Å²) >= 11 is 3.27. The number of pyridine rings is 2. The highest BCUT2D eigenvalue weighted by Crippen LogP contribution is 2.32. The molecule has 4 heterocycles. The first-order valence-corrected chi connectivity index (χ1v) is 8.63. The van der Waals surface area contributed by atoms with E-state index in [9.17, 15) is 0 Å². The average molecular weight is 341 g/mol. The van der Waals surface area contributed by atoms with Crippen LogP contribution in [0.3, 0.4) is 0 Å². The van der Waals surface area contributed by atoms with Gasteiger partial charge in [0.05, 0.1) is 0 Å². The van der Waals surface area contributed by atoms with Gasteiger partial charge in [0.15, 0.2) is 5.06 Å². The topological polar surface area (TPSA) is 55.2 Å². The van der Waals surface area contributed by atoms with Gasteiger partial charge in [0.1, 0.15) is 0 Å². The van der Waals surface area contributed by atoms with Crippen molar-refractivity contribution in [1.82, 2.24) is 9.97 Å². The Bertz CT molecular complexity index is 936. The summed E-state index contributed by atoms with van der Waals surface area (Å²) in [5.74, 6) is 0. The molecule has 0 saturated heterocycles. The number of rotatable bonds is 2. The summed E-state index contributed by atoms with van der Waals surface area (Å²) in [6.07, 6.45) is 7.39. The number of thiophene rings is 2. The lowest BCUT2D eigenvalue weighted by atomic mass is 10.2. The molecule has 7 heteroatoms. The van der Waals surface area contributed by atoms with Crippen molar-refractivity contribution in [2.45, 2.75) is 13.8 Å². The van der Waals surface area contributed by atoms with Crippen LogP contribution in [0.2, 0.25) is 0 Å². The molecule has 23 heavy (non-hydrogen) atoms. The Morgan fingerprint density at radius 2 is 1.70 bits per heavy atom. The van der Waals surface area contributed by atoms with Crippen LogP contribution in [-0.2, 0) is 0 Å². The molecule has 1 N–H and O–H groups in total. The van der Waals surface area contributed by atoms with Gasteiger partial charge in [0.25, 0.3) is 0 Å². The maximum absolute atomic E-state index is 8.46. The zero-order valence-corrected chi connectivity index (χ0v) is 14.3. The number of nitrogens with zero attached hydrogens (tertiary/aromatic N) is 2. The fourth-order valence-electron chi connectivity index (χ4n) is 2.21. The molecule has 0 spiro atoms. The van der Waals surface area contributed by atoms with Crippen molar-refractivity contribution >= 4 is 50.5 Å². The Morgan fingerprint density at radius 3 is 2.35 bits per heavy atom. The van der Waals surface area contributed by atoms with Gasteiger partial charge in [-0.1, -0.05) is 0 Å². The lowest BCUT2D eigenvalue weighted by Gasteiger charge is -1.92. The van der Waals surface area contributed by atoms with E-state index >= 15 is 0 Å². The van der Waals surface area contributed by atoms with E-state index in [0.29, 0.717) is 12.7 Å². The Balaban J connectivity index is 0.000000140. The predicted molar refractivity (Wildman–Crippen MR) is 97.3 cm³/mol. The third-order valence-electron chi connectivity index (χ3n) is 3.28. The molecule has 4 aromatic heterocycles. The average Bonchev–Trinajstić information content (AvgIpc) is 3.16. The molecule has 0 amide bonds. The molecule has 0 saturated carbocycles. The van der Waals surface area contributed by atoms with E-state index in [2.05, 4.69) is 28.3 Å². The first kappa shape index (κ1) is 15.9. The van der Waals surface area contributed by atoms with Crippen LogP contribution in [-0.4, -0.2) is 22.7 Å². The minimum Gasteiger partial charge on any atom is -0.530 e. The highest BCUT2D eigenvalue weighted by molar-refractivity contribution is 7.21. The monoisotopic (exact) mass is 341 g/mol. The molecule has 0 aromatic carbocycles. The molecule has 0 bridgehead atoms. The second kappa shape index (κ2) is 7.08. The van der Waals surface area contributed by atoms with Gasteiger partial charge in [-0.3, -0.25) is 9.97 Å². The Hall–Kier alpha value is -1.96. The smallest absolute Gasteiger partial charge is 0.530 e. The number of fused-ring (bicyclic) bond motifs is 2. The van der Waals surface area contributed by atoms with Gasteiger partial charge in [-0.15, -0.1) is 22.7 Å². The van der Waals surface area contributed by atoms with Crippen LogP contribution in [0.15, 0.2) is 42.3 Å². The quantitative estimate of drug-likeness (QED) is 0.558. The molecular weight excluding hydrogens is 327 g/mol. The molecule has 1 radical (unpaired) electrons. The van der Waals surface area contributed by atoms with Crippen molar-refractivity contribution in [3.8, 4) is 5.06 Å². The Morgan fingerprint density at radius 1 is 1.00 bits per heavy atom. The van der Waals surface area contributed by atoms with E-state index < -0.39 is 0 Å². The summed E-state index contributed by atoms with van der Waals surface area (Å²) < 4.78 is 7.37. The van der Waals surface area contributed by atoms with Crippen molar-refractivity contribution in [2.75, 3.05) is 0 Å². The zero-order valence-electron chi connectivity index (χ0n) is 12.7. The number of hydrogen-bond acceptors (Lipinski definition) is 6. The van der Waals surface area contributed by atoms with Gasteiger partial charge < -0.3 is 9.68 Å². The van der Waals surface area contributed by atoms with E-state index in [-0.39, 0.29) is 0 Å². The lowest BCUT2D eigenvalue weighted by Crippen LogP contribution is -1.97. The minimum atomic E-state index is 0.675. The molecule has 4 aromatic rings. The molecule has 0 unspecified atom stereocenters. The van der Waals surface area contributed by atoms with Gasteiger partial charge in [-0.25, -0.2) is 0 Å². The van der Waals surface area contributed by atoms with Crippen LogP contribution < -0.4 is 4.65 Å². The third kappa shape index (κ3) is 3.52.